The smallest absolute Gasteiger partial charge is 0.278 e. The second-order valence-corrected chi connectivity index (χ2v) is 6.06. The van der Waals surface area contributed by atoms with Crippen molar-refractivity contribution in [2.24, 2.45) is 7.05 Å². The van der Waals surface area contributed by atoms with Gasteiger partial charge >= 0.3 is 6.18 Å². The number of hydrogen-bond acceptors (Lipinski definition) is 3. The molecule has 0 radical (unpaired) electrons. The molecule has 10 heteroatoms. The molecule has 5 nitrogen and oxygen atoms in total. The van der Waals surface area contributed by atoms with Gasteiger partial charge in [-0.2, -0.15) is 18.3 Å². The van der Waals surface area contributed by atoms with Crippen LogP contribution < -0.4 is 4.72 Å². The lowest BCUT2D eigenvalue weighted by atomic mass is 10.3. The average molecular weight is 330 g/mol. The lowest BCUT2D eigenvalue weighted by molar-refractivity contribution is -0.143. The van der Waals surface area contributed by atoms with E-state index in [0.29, 0.717) is 4.68 Å². The van der Waals surface area contributed by atoms with Gasteiger partial charge in [-0.3, -0.25) is 9.40 Å². The molecule has 0 atom stereocenters. The standard InChI is InChI=1S/C10H11ClF3N3O2S/c1-3-4-5-6-20(18,19)16-7-8(10(12,13)14)17(2)15-9(7)11/h1,16H,4-6H2,2H3. The number of aromatic nitrogens is 2. The van der Waals surface area contributed by atoms with Crippen LogP contribution in [0.5, 0.6) is 0 Å². The predicted octanol–water partition coefficient (Wildman–Crippen LogP) is 2.25. The first-order valence-corrected chi connectivity index (χ1v) is 7.35. The van der Waals surface area contributed by atoms with Crippen molar-refractivity contribution in [3.05, 3.63) is 10.8 Å². The number of nitrogens with one attached hydrogen (secondary N) is 1. The van der Waals surface area contributed by atoms with E-state index in [4.69, 9.17) is 18.0 Å². The number of aryl methyl sites for hydroxylation is 1. The van der Waals surface area contributed by atoms with Gasteiger partial charge in [0.1, 0.15) is 5.69 Å². The first-order chi connectivity index (χ1) is 9.08. The summed E-state index contributed by atoms with van der Waals surface area (Å²) in [5, 5.41) is 2.79. The number of alkyl halides is 3. The zero-order chi connectivity index (χ0) is 15.6. The Morgan fingerprint density at radius 2 is 2.10 bits per heavy atom. The minimum Gasteiger partial charge on any atom is -0.278 e. The molecule has 0 bridgehead atoms. The SMILES string of the molecule is C#CCCCS(=O)(=O)Nc1c(Cl)nn(C)c1C(F)(F)F. The molecule has 0 aliphatic carbocycles. The summed E-state index contributed by atoms with van der Waals surface area (Å²) in [6.45, 7) is 0. The van der Waals surface area contributed by atoms with Gasteiger partial charge in [0.25, 0.3) is 0 Å². The van der Waals surface area contributed by atoms with E-state index in [0.717, 1.165) is 7.05 Å². The lowest BCUT2D eigenvalue weighted by Crippen LogP contribution is -2.20. The average Bonchev–Trinajstić information content (AvgIpc) is 2.52. The highest BCUT2D eigenvalue weighted by Crippen LogP contribution is 2.38. The molecule has 1 N–H and O–H groups in total. The monoisotopic (exact) mass is 329 g/mol. The molecule has 0 aliphatic heterocycles. The van der Waals surface area contributed by atoms with Crippen molar-refractivity contribution < 1.29 is 21.6 Å². The maximum absolute atomic E-state index is 12.8. The van der Waals surface area contributed by atoms with Crippen molar-refractivity contribution in [3.8, 4) is 12.3 Å². The summed E-state index contributed by atoms with van der Waals surface area (Å²) in [4.78, 5) is 0. The first kappa shape index (κ1) is 16.7. The molecular weight excluding hydrogens is 319 g/mol. The van der Waals surface area contributed by atoms with Gasteiger partial charge in [0.15, 0.2) is 10.8 Å². The summed E-state index contributed by atoms with van der Waals surface area (Å²) in [5.74, 6) is 1.84. The number of unbranched alkanes of at least 4 members (excludes halogenated alkanes) is 1. The molecule has 0 aromatic carbocycles. The quantitative estimate of drug-likeness (QED) is 0.665. The summed E-state index contributed by atoms with van der Waals surface area (Å²) in [6.07, 6.45) is 0.517. The van der Waals surface area contributed by atoms with Crippen LogP contribution in [0.4, 0.5) is 18.9 Å². The van der Waals surface area contributed by atoms with Crippen LogP contribution in [-0.2, 0) is 23.2 Å². The minimum absolute atomic E-state index is 0.130. The van der Waals surface area contributed by atoms with E-state index in [1.165, 1.54) is 0 Å². The third kappa shape index (κ3) is 4.05. The first-order valence-electron chi connectivity index (χ1n) is 5.32. The normalized spacial score (nSPS) is 12.2. The van der Waals surface area contributed by atoms with Crippen LogP contribution >= 0.6 is 11.6 Å². The van der Waals surface area contributed by atoms with Gasteiger partial charge in [-0.1, -0.05) is 11.6 Å². The van der Waals surface area contributed by atoms with Crippen molar-refractivity contribution in [1.29, 1.82) is 0 Å². The van der Waals surface area contributed by atoms with Gasteiger partial charge in [0, 0.05) is 13.5 Å². The summed E-state index contributed by atoms with van der Waals surface area (Å²) in [5.41, 5.74) is -2.04. The molecule has 0 fully saturated rings. The molecule has 1 heterocycles. The van der Waals surface area contributed by atoms with Crippen LogP contribution in [0, 0.1) is 12.3 Å². The van der Waals surface area contributed by atoms with E-state index in [-0.39, 0.29) is 12.8 Å². The summed E-state index contributed by atoms with van der Waals surface area (Å²) < 4.78 is 64.1. The molecule has 20 heavy (non-hydrogen) atoms. The Bertz CT molecular complexity index is 631. The van der Waals surface area contributed by atoms with Gasteiger partial charge in [0.05, 0.1) is 5.75 Å². The number of terminal acetylenes is 1. The van der Waals surface area contributed by atoms with E-state index < -0.39 is 38.5 Å². The molecule has 1 aromatic heterocycles. The topological polar surface area (TPSA) is 64.0 Å². The third-order valence-electron chi connectivity index (χ3n) is 2.26. The predicted molar refractivity (Wildman–Crippen MR) is 68.7 cm³/mol. The van der Waals surface area contributed by atoms with Gasteiger partial charge in [-0.15, -0.1) is 12.3 Å². The van der Waals surface area contributed by atoms with Gasteiger partial charge < -0.3 is 0 Å². The Hall–Kier alpha value is -1.40. The lowest BCUT2D eigenvalue weighted by Gasteiger charge is -2.11. The number of anilines is 1. The van der Waals surface area contributed by atoms with Crippen LogP contribution in [-0.4, -0.2) is 24.0 Å². The Morgan fingerprint density at radius 1 is 1.50 bits per heavy atom. The Balaban J connectivity index is 3.07. The second kappa shape index (κ2) is 5.93. The number of nitrogens with zero attached hydrogens (tertiary/aromatic N) is 2. The number of rotatable bonds is 5. The highest BCUT2D eigenvalue weighted by atomic mass is 35.5. The number of hydrogen-bond donors (Lipinski definition) is 1. The fraction of sp³-hybridized carbons (Fsp3) is 0.500. The zero-order valence-corrected chi connectivity index (χ0v) is 11.9. The van der Waals surface area contributed by atoms with E-state index in [9.17, 15) is 21.6 Å². The van der Waals surface area contributed by atoms with Gasteiger partial charge in [-0.05, 0) is 6.42 Å². The van der Waals surface area contributed by atoms with Crippen molar-refractivity contribution >= 4 is 27.3 Å². The molecule has 0 amide bonds. The maximum atomic E-state index is 12.8. The summed E-state index contributed by atoms with van der Waals surface area (Å²) in [6, 6.07) is 0. The summed E-state index contributed by atoms with van der Waals surface area (Å²) in [7, 11) is -2.96. The minimum atomic E-state index is -4.79. The molecule has 0 aliphatic rings. The molecular formula is C10H11ClF3N3O2S. The maximum Gasteiger partial charge on any atom is 0.435 e. The molecule has 1 aromatic rings. The Kier molecular flexibility index (Phi) is 4.94. The van der Waals surface area contributed by atoms with Crippen LogP contribution in [0.1, 0.15) is 18.5 Å². The molecule has 0 unspecified atom stereocenters. The van der Waals surface area contributed by atoms with Crippen LogP contribution in [0.25, 0.3) is 0 Å². The Morgan fingerprint density at radius 3 is 2.60 bits per heavy atom. The highest BCUT2D eigenvalue weighted by Gasteiger charge is 2.40. The number of halogens is 4. The fourth-order valence-electron chi connectivity index (χ4n) is 1.48. The van der Waals surface area contributed by atoms with E-state index in [1.807, 2.05) is 4.72 Å². The molecule has 1 rings (SSSR count). The van der Waals surface area contributed by atoms with Gasteiger partial charge in [0.2, 0.25) is 10.0 Å². The van der Waals surface area contributed by atoms with Crippen molar-refractivity contribution in [3.63, 3.8) is 0 Å². The Labute approximate surface area is 119 Å². The second-order valence-electron chi connectivity index (χ2n) is 3.86. The van der Waals surface area contributed by atoms with E-state index >= 15 is 0 Å². The van der Waals surface area contributed by atoms with Crippen molar-refractivity contribution in [2.75, 3.05) is 10.5 Å². The van der Waals surface area contributed by atoms with Crippen molar-refractivity contribution in [1.82, 2.24) is 9.78 Å². The zero-order valence-electron chi connectivity index (χ0n) is 10.3. The number of sulfonamides is 1. The molecule has 0 saturated carbocycles. The third-order valence-corrected chi connectivity index (χ3v) is 3.87. The highest BCUT2D eigenvalue weighted by molar-refractivity contribution is 7.92. The van der Waals surface area contributed by atoms with Gasteiger partial charge in [-0.25, -0.2) is 8.42 Å². The van der Waals surface area contributed by atoms with Crippen LogP contribution in [0.2, 0.25) is 5.15 Å². The van der Waals surface area contributed by atoms with Crippen molar-refractivity contribution in [2.45, 2.75) is 19.0 Å². The molecule has 0 spiro atoms. The van der Waals surface area contributed by atoms with E-state index in [2.05, 4.69) is 11.0 Å². The van der Waals surface area contributed by atoms with Crippen LogP contribution in [0.15, 0.2) is 0 Å². The van der Waals surface area contributed by atoms with E-state index in [1.54, 1.807) is 0 Å². The fourth-order valence-corrected chi connectivity index (χ4v) is 2.91. The summed E-state index contributed by atoms with van der Waals surface area (Å²) >= 11 is 5.53. The molecule has 0 saturated heterocycles. The largest absolute Gasteiger partial charge is 0.435 e. The molecule has 112 valence electrons. The van der Waals surface area contributed by atoms with Crippen LogP contribution in [0.3, 0.4) is 0 Å².